The van der Waals surface area contributed by atoms with Gasteiger partial charge in [-0.05, 0) is 24.5 Å². The molecule has 0 aromatic carbocycles. The molecule has 1 aliphatic heterocycles. The van der Waals surface area contributed by atoms with Gasteiger partial charge < -0.3 is 10.6 Å². The van der Waals surface area contributed by atoms with Crippen LogP contribution in [0, 0.1) is 17.8 Å². The summed E-state index contributed by atoms with van der Waals surface area (Å²) in [6.45, 7) is 2.86. The van der Waals surface area contributed by atoms with Gasteiger partial charge in [0.1, 0.15) is 0 Å². The predicted molar refractivity (Wildman–Crippen MR) is 66.6 cm³/mol. The molecule has 0 aliphatic carbocycles. The number of amides is 2. The van der Waals surface area contributed by atoms with Crippen LogP contribution < -0.4 is 5.73 Å². The molecule has 0 spiro atoms. The van der Waals surface area contributed by atoms with Crippen LogP contribution in [-0.2, 0) is 4.79 Å². The van der Waals surface area contributed by atoms with Crippen LogP contribution in [0.15, 0.2) is 18.3 Å². The highest BCUT2D eigenvalue weighted by molar-refractivity contribution is 5.94. The van der Waals surface area contributed by atoms with E-state index in [0.717, 1.165) is 12.5 Å². The summed E-state index contributed by atoms with van der Waals surface area (Å²) in [5.41, 5.74) is 5.63. The second-order valence-corrected chi connectivity index (χ2v) is 4.86. The smallest absolute Gasteiger partial charge is 0.255 e. The highest BCUT2D eigenvalue weighted by Crippen LogP contribution is 2.25. The van der Waals surface area contributed by atoms with Crippen molar-refractivity contribution in [3.63, 3.8) is 0 Å². The summed E-state index contributed by atoms with van der Waals surface area (Å²) in [6, 6.07) is 2.57. The number of pyridine rings is 1. The van der Waals surface area contributed by atoms with Crippen LogP contribution in [-0.4, -0.2) is 34.8 Å². The fraction of sp³-hybridized carbons (Fsp3) is 0.462. The number of halogens is 1. The lowest BCUT2D eigenvalue weighted by Crippen LogP contribution is -2.32. The van der Waals surface area contributed by atoms with Crippen LogP contribution in [0.5, 0.6) is 0 Å². The number of carbonyl (C=O) groups excluding carboxylic acids is 2. The molecular formula is C13H16FN3O2. The molecular weight excluding hydrogens is 249 g/mol. The van der Waals surface area contributed by atoms with Crippen LogP contribution >= 0.6 is 0 Å². The van der Waals surface area contributed by atoms with Gasteiger partial charge in [0.2, 0.25) is 11.9 Å². The Bertz CT molecular complexity index is 489. The number of rotatable bonds is 3. The largest absolute Gasteiger partial charge is 0.369 e. The molecule has 2 unspecified atom stereocenters. The predicted octanol–water partition coefficient (Wildman–Crippen LogP) is 0.804. The van der Waals surface area contributed by atoms with Gasteiger partial charge >= 0.3 is 0 Å². The van der Waals surface area contributed by atoms with Gasteiger partial charge in [0.15, 0.2) is 0 Å². The van der Waals surface area contributed by atoms with Crippen molar-refractivity contribution in [1.82, 2.24) is 9.88 Å². The lowest BCUT2D eigenvalue weighted by atomic mass is 9.93. The molecule has 2 atom stereocenters. The number of hydrogen-bond acceptors (Lipinski definition) is 3. The fourth-order valence-corrected chi connectivity index (χ4v) is 2.30. The molecule has 0 radical (unpaired) electrons. The Balaban J connectivity index is 2.02. The minimum absolute atomic E-state index is 0.0925. The molecule has 1 fully saturated rings. The number of hydrogen-bond donors (Lipinski definition) is 1. The molecule has 5 nitrogen and oxygen atoms in total. The molecule has 2 heterocycles. The van der Waals surface area contributed by atoms with Crippen LogP contribution in [0.4, 0.5) is 4.39 Å². The van der Waals surface area contributed by atoms with E-state index in [9.17, 15) is 14.0 Å². The van der Waals surface area contributed by atoms with Crippen molar-refractivity contribution in [3.8, 4) is 0 Å². The van der Waals surface area contributed by atoms with Crippen LogP contribution in [0.25, 0.3) is 0 Å². The van der Waals surface area contributed by atoms with Crippen LogP contribution in [0.1, 0.15) is 23.7 Å². The first-order valence-electron chi connectivity index (χ1n) is 6.19. The van der Waals surface area contributed by atoms with Crippen LogP contribution in [0.2, 0.25) is 0 Å². The van der Waals surface area contributed by atoms with E-state index >= 15 is 0 Å². The Hall–Kier alpha value is -1.98. The lowest BCUT2D eigenvalue weighted by Gasteiger charge is -2.18. The summed E-state index contributed by atoms with van der Waals surface area (Å²) in [7, 11) is 0. The zero-order valence-electron chi connectivity index (χ0n) is 10.7. The summed E-state index contributed by atoms with van der Waals surface area (Å²) >= 11 is 0. The molecule has 1 aromatic heterocycles. The highest BCUT2D eigenvalue weighted by atomic mass is 19.1. The number of nitrogens with zero attached hydrogens (tertiary/aromatic N) is 2. The van der Waals surface area contributed by atoms with Crippen molar-refractivity contribution in [2.75, 3.05) is 13.1 Å². The first-order chi connectivity index (χ1) is 8.99. The van der Waals surface area contributed by atoms with E-state index in [2.05, 4.69) is 4.98 Å². The fourth-order valence-electron chi connectivity index (χ4n) is 2.30. The van der Waals surface area contributed by atoms with Gasteiger partial charge in [-0.25, -0.2) is 4.98 Å². The van der Waals surface area contributed by atoms with Crippen molar-refractivity contribution in [1.29, 1.82) is 0 Å². The Labute approximate surface area is 110 Å². The topological polar surface area (TPSA) is 76.3 Å². The molecule has 2 amide bonds. The lowest BCUT2D eigenvalue weighted by molar-refractivity contribution is -0.122. The average Bonchev–Trinajstić information content (AvgIpc) is 2.87. The Kier molecular flexibility index (Phi) is 3.78. The summed E-state index contributed by atoms with van der Waals surface area (Å²) in [6.07, 6.45) is 1.98. The van der Waals surface area contributed by atoms with Crippen molar-refractivity contribution in [2.24, 2.45) is 17.6 Å². The number of nitrogens with two attached hydrogens (primary N) is 1. The standard InChI is InChI=1S/C13H16FN3O2/c1-8(12(15)18)10-4-5-17(7-10)13(19)9-2-3-11(14)16-6-9/h2-3,6,8,10H,4-5,7H2,1H3,(H2,15,18). The number of carbonyl (C=O) groups is 2. The van der Waals surface area contributed by atoms with Crippen molar-refractivity contribution >= 4 is 11.8 Å². The minimum atomic E-state index is -0.613. The zero-order valence-corrected chi connectivity index (χ0v) is 10.7. The molecule has 1 saturated heterocycles. The first-order valence-corrected chi connectivity index (χ1v) is 6.19. The van der Waals surface area contributed by atoms with E-state index in [4.69, 9.17) is 5.73 Å². The maximum absolute atomic E-state index is 12.7. The molecule has 102 valence electrons. The van der Waals surface area contributed by atoms with E-state index in [1.54, 1.807) is 11.8 Å². The van der Waals surface area contributed by atoms with Gasteiger partial charge in [0, 0.05) is 25.2 Å². The minimum Gasteiger partial charge on any atom is -0.369 e. The third-order valence-electron chi connectivity index (χ3n) is 3.64. The Morgan fingerprint density at radius 3 is 2.84 bits per heavy atom. The molecule has 6 heteroatoms. The highest BCUT2D eigenvalue weighted by Gasteiger charge is 2.32. The third-order valence-corrected chi connectivity index (χ3v) is 3.64. The maximum atomic E-state index is 12.7. The van der Waals surface area contributed by atoms with E-state index in [0.29, 0.717) is 18.7 Å². The molecule has 0 saturated carbocycles. The number of aromatic nitrogens is 1. The monoisotopic (exact) mass is 265 g/mol. The second-order valence-electron chi connectivity index (χ2n) is 4.86. The summed E-state index contributed by atoms with van der Waals surface area (Å²) < 4.78 is 12.7. The summed E-state index contributed by atoms with van der Waals surface area (Å²) in [4.78, 5) is 28.4. The van der Waals surface area contributed by atoms with Gasteiger partial charge in [-0.15, -0.1) is 0 Å². The third kappa shape index (κ3) is 2.89. The summed E-state index contributed by atoms with van der Waals surface area (Å²) in [5.74, 6) is -1.30. The number of likely N-dealkylation sites (tertiary alicyclic amines) is 1. The van der Waals surface area contributed by atoms with Gasteiger partial charge in [0.05, 0.1) is 5.56 Å². The van der Waals surface area contributed by atoms with Gasteiger partial charge in [-0.2, -0.15) is 4.39 Å². The van der Waals surface area contributed by atoms with Crippen molar-refractivity contribution in [2.45, 2.75) is 13.3 Å². The quantitative estimate of drug-likeness (QED) is 0.821. The number of primary amides is 1. The molecule has 0 bridgehead atoms. The van der Waals surface area contributed by atoms with Gasteiger partial charge in [-0.1, -0.05) is 6.92 Å². The molecule has 1 aromatic rings. The molecule has 2 rings (SSSR count). The van der Waals surface area contributed by atoms with Crippen molar-refractivity contribution < 1.29 is 14.0 Å². The van der Waals surface area contributed by atoms with E-state index in [1.807, 2.05) is 0 Å². The molecule has 1 aliphatic rings. The van der Waals surface area contributed by atoms with Gasteiger partial charge in [0.25, 0.3) is 5.91 Å². The van der Waals surface area contributed by atoms with E-state index in [1.165, 1.54) is 12.3 Å². The van der Waals surface area contributed by atoms with Gasteiger partial charge in [-0.3, -0.25) is 9.59 Å². The van der Waals surface area contributed by atoms with E-state index in [-0.39, 0.29) is 23.7 Å². The molecule has 19 heavy (non-hydrogen) atoms. The van der Waals surface area contributed by atoms with Crippen molar-refractivity contribution in [3.05, 3.63) is 29.8 Å². The van der Waals surface area contributed by atoms with E-state index < -0.39 is 5.95 Å². The van der Waals surface area contributed by atoms with Crippen LogP contribution in [0.3, 0.4) is 0 Å². The summed E-state index contributed by atoms with van der Waals surface area (Å²) in [5, 5.41) is 0. The maximum Gasteiger partial charge on any atom is 0.255 e. The second kappa shape index (κ2) is 5.34. The average molecular weight is 265 g/mol. The zero-order chi connectivity index (χ0) is 14.0. The Morgan fingerprint density at radius 2 is 2.26 bits per heavy atom. The SMILES string of the molecule is CC(C(N)=O)C1CCN(C(=O)c2ccc(F)nc2)C1. The molecule has 2 N–H and O–H groups in total. The normalized spacial score (nSPS) is 20.3. The Morgan fingerprint density at radius 1 is 1.53 bits per heavy atom. The first kappa shape index (κ1) is 13.5.